The normalized spacial score (nSPS) is 16.4. The number of hydrogen-bond acceptors (Lipinski definition) is 8. The highest BCUT2D eigenvalue weighted by Crippen LogP contribution is 2.35. The van der Waals surface area contributed by atoms with Crippen LogP contribution >= 0.6 is 24.0 Å². The molecule has 48 heavy (non-hydrogen) atoms. The molecule has 0 aromatic heterocycles. The quantitative estimate of drug-likeness (QED) is 0.118. The number of thiocarbonyl (C=S) groups is 1. The lowest BCUT2D eigenvalue weighted by Crippen LogP contribution is -2.35. The molecule has 0 aliphatic carbocycles. The second-order valence-electron chi connectivity index (χ2n) is 12.0. The van der Waals surface area contributed by atoms with E-state index in [0.717, 1.165) is 55.2 Å². The van der Waals surface area contributed by atoms with Gasteiger partial charge in [0.1, 0.15) is 10.1 Å². The van der Waals surface area contributed by atoms with Crippen molar-refractivity contribution in [2.24, 2.45) is 0 Å². The van der Waals surface area contributed by atoms with E-state index in [1.54, 1.807) is 17.0 Å². The monoisotopic (exact) mass is 695 g/mol. The first-order valence-corrected chi connectivity index (χ1v) is 17.1. The van der Waals surface area contributed by atoms with E-state index in [1.165, 1.54) is 30.0 Å². The van der Waals surface area contributed by atoms with Crippen LogP contribution in [-0.2, 0) is 22.5 Å². The maximum Gasteiger partial charge on any atom is 0.335 e. The Morgan fingerprint density at radius 3 is 2.50 bits per heavy atom. The first-order valence-electron chi connectivity index (χ1n) is 15.9. The summed E-state index contributed by atoms with van der Waals surface area (Å²) in [6, 6.07) is 14.5. The molecule has 8 nitrogen and oxygen atoms in total. The number of rotatable bonds is 14. The van der Waals surface area contributed by atoms with Crippen LogP contribution in [0.5, 0.6) is 5.75 Å². The molecule has 0 unspecified atom stereocenters. The average Bonchev–Trinajstić information content (AvgIpc) is 3.33. The summed E-state index contributed by atoms with van der Waals surface area (Å²) in [6.07, 6.45) is 4.04. The van der Waals surface area contributed by atoms with Crippen LogP contribution in [0.15, 0.2) is 59.5 Å². The largest absolute Gasteiger partial charge is 0.493 e. The van der Waals surface area contributed by atoms with Crippen molar-refractivity contribution in [1.82, 2.24) is 14.7 Å². The number of carboxylic acid groups (broad SMARTS) is 1. The van der Waals surface area contributed by atoms with Crippen LogP contribution in [0.2, 0.25) is 0 Å². The summed E-state index contributed by atoms with van der Waals surface area (Å²) in [5.74, 6) is -2.40. The molecule has 1 amide bonds. The summed E-state index contributed by atoms with van der Waals surface area (Å²) in [5.41, 5.74) is 4.12. The fourth-order valence-corrected chi connectivity index (χ4v) is 6.91. The van der Waals surface area contributed by atoms with Crippen LogP contribution in [-0.4, -0.2) is 96.1 Å². The molecular weight excluding hydrogens is 657 g/mol. The van der Waals surface area contributed by atoms with Crippen molar-refractivity contribution in [3.05, 3.63) is 93.4 Å². The third-order valence-electron chi connectivity index (χ3n) is 8.20. The van der Waals surface area contributed by atoms with Crippen LogP contribution in [0.1, 0.15) is 39.9 Å². The lowest BCUT2D eigenvalue weighted by atomic mass is 9.96. The zero-order valence-electron chi connectivity index (χ0n) is 27.0. The molecule has 0 spiro atoms. The molecule has 3 aromatic carbocycles. The Hall–Kier alpha value is -3.68. The van der Waals surface area contributed by atoms with Crippen LogP contribution < -0.4 is 4.74 Å². The number of thioether (sulfide) groups is 1. The molecule has 2 aliphatic heterocycles. The minimum Gasteiger partial charge on any atom is -0.493 e. The van der Waals surface area contributed by atoms with Crippen molar-refractivity contribution in [2.75, 3.05) is 60.1 Å². The highest BCUT2D eigenvalue weighted by molar-refractivity contribution is 8.26. The summed E-state index contributed by atoms with van der Waals surface area (Å²) in [4.78, 5) is 31.5. The summed E-state index contributed by atoms with van der Waals surface area (Å²) in [7, 11) is 4.03. The molecule has 2 aliphatic rings. The molecule has 0 atom stereocenters. The summed E-state index contributed by atoms with van der Waals surface area (Å²) >= 11 is 6.84. The Bertz CT molecular complexity index is 1690. The maximum absolute atomic E-state index is 14.0. The first kappa shape index (κ1) is 35.6. The Morgan fingerprint density at radius 2 is 1.77 bits per heavy atom. The summed E-state index contributed by atoms with van der Waals surface area (Å²) in [6.45, 7) is 4.88. The highest BCUT2D eigenvalue weighted by Gasteiger charge is 2.32. The standard InChI is InChI=1S/C36H39F2N3O5S2/c1-39(2)12-3-5-24-6-7-25(26-8-10-30(37)31(38)21-26)19-28(24)22-33-34(42)41(36(47)48-33)13-4-16-46-32-11-9-27(35(43)44)20-29(32)23-40-14-17-45-18-15-40/h6-11,19-22H,3-5,12-18,23H2,1-2H3,(H,43,44). The van der Waals surface area contributed by atoms with Gasteiger partial charge in [-0.05, 0) is 105 Å². The van der Waals surface area contributed by atoms with Crippen molar-refractivity contribution in [3.8, 4) is 16.9 Å². The molecule has 2 saturated heterocycles. The molecule has 0 saturated carbocycles. The molecule has 254 valence electrons. The number of benzene rings is 3. The molecule has 0 bridgehead atoms. The molecule has 2 heterocycles. The van der Waals surface area contributed by atoms with Gasteiger partial charge in [0.15, 0.2) is 11.6 Å². The predicted octanol–water partition coefficient (Wildman–Crippen LogP) is 6.33. The van der Waals surface area contributed by atoms with E-state index in [9.17, 15) is 23.5 Å². The van der Waals surface area contributed by atoms with Crippen molar-refractivity contribution < 1.29 is 33.0 Å². The van der Waals surface area contributed by atoms with Crippen molar-refractivity contribution in [1.29, 1.82) is 0 Å². The smallest absolute Gasteiger partial charge is 0.335 e. The summed E-state index contributed by atoms with van der Waals surface area (Å²) in [5, 5.41) is 9.51. The number of halogens is 2. The Kier molecular flexibility index (Phi) is 12.3. The lowest BCUT2D eigenvalue weighted by Gasteiger charge is -2.27. The Balaban J connectivity index is 1.27. The number of ether oxygens (including phenoxy) is 2. The van der Waals surface area contributed by atoms with Crippen LogP contribution in [0.4, 0.5) is 8.78 Å². The Morgan fingerprint density at radius 1 is 1.02 bits per heavy atom. The van der Waals surface area contributed by atoms with Gasteiger partial charge in [-0.1, -0.05) is 42.2 Å². The predicted molar refractivity (Wildman–Crippen MR) is 188 cm³/mol. The van der Waals surface area contributed by atoms with E-state index in [0.29, 0.717) is 65.4 Å². The van der Waals surface area contributed by atoms with E-state index >= 15 is 0 Å². The van der Waals surface area contributed by atoms with Gasteiger partial charge in [0.25, 0.3) is 5.91 Å². The Labute approximate surface area is 289 Å². The van der Waals surface area contributed by atoms with Gasteiger partial charge in [-0.3, -0.25) is 14.6 Å². The number of amides is 1. The van der Waals surface area contributed by atoms with E-state index in [1.807, 2.05) is 38.4 Å². The third-order valence-corrected chi connectivity index (χ3v) is 9.58. The van der Waals surface area contributed by atoms with Crippen molar-refractivity contribution in [3.63, 3.8) is 0 Å². The number of nitrogens with zero attached hydrogens (tertiary/aromatic N) is 3. The fraction of sp³-hybridized carbons (Fsp3) is 0.361. The molecule has 3 aromatic rings. The second-order valence-corrected chi connectivity index (χ2v) is 13.7. The number of carbonyl (C=O) groups excluding carboxylic acids is 1. The van der Waals surface area contributed by atoms with E-state index in [4.69, 9.17) is 21.7 Å². The zero-order valence-corrected chi connectivity index (χ0v) is 28.7. The van der Waals surface area contributed by atoms with Gasteiger partial charge in [0, 0.05) is 31.7 Å². The van der Waals surface area contributed by atoms with Gasteiger partial charge < -0.3 is 19.5 Å². The topological polar surface area (TPSA) is 82.6 Å². The van der Waals surface area contributed by atoms with E-state index in [2.05, 4.69) is 9.80 Å². The number of hydrogen-bond donors (Lipinski definition) is 1. The molecule has 1 N–H and O–H groups in total. The van der Waals surface area contributed by atoms with Gasteiger partial charge >= 0.3 is 5.97 Å². The molecule has 12 heteroatoms. The minimum absolute atomic E-state index is 0.193. The number of carbonyl (C=O) groups is 2. The van der Waals surface area contributed by atoms with Gasteiger partial charge in [-0.15, -0.1) is 0 Å². The van der Waals surface area contributed by atoms with E-state index in [-0.39, 0.29) is 11.5 Å². The van der Waals surface area contributed by atoms with Gasteiger partial charge in [-0.2, -0.15) is 0 Å². The number of carboxylic acids is 1. The molecule has 2 fully saturated rings. The molecular formula is C36H39F2N3O5S2. The fourth-order valence-electron chi connectivity index (χ4n) is 5.61. The van der Waals surface area contributed by atoms with Gasteiger partial charge in [0.2, 0.25) is 0 Å². The SMILES string of the molecule is CN(C)CCCc1ccc(-c2ccc(F)c(F)c2)cc1C=C1SC(=S)N(CCCOc2ccc(C(=O)O)cc2CN2CCOCC2)C1=O. The van der Waals surface area contributed by atoms with Crippen molar-refractivity contribution in [2.45, 2.75) is 25.8 Å². The lowest BCUT2D eigenvalue weighted by molar-refractivity contribution is -0.122. The van der Waals surface area contributed by atoms with Crippen molar-refractivity contribution >= 4 is 46.3 Å². The average molecular weight is 696 g/mol. The minimum atomic E-state index is -0.996. The van der Waals surface area contributed by atoms with Gasteiger partial charge in [0.05, 0.1) is 30.3 Å². The van der Waals surface area contributed by atoms with Crippen LogP contribution in [0, 0.1) is 11.6 Å². The summed E-state index contributed by atoms with van der Waals surface area (Å²) < 4.78 is 39.6. The zero-order chi connectivity index (χ0) is 34.2. The maximum atomic E-state index is 14.0. The van der Waals surface area contributed by atoms with Crippen LogP contribution in [0.3, 0.4) is 0 Å². The second kappa shape index (κ2) is 16.6. The molecule has 5 rings (SSSR count). The third kappa shape index (κ3) is 9.26. The molecule has 0 radical (unpaired) electrons. The number of morpholine rings is 1. The van der Waals surface area contributed by atoms with E-state index < -0.39 is 17.6 Å². The first-order chi connectivity index (χ1) is 23.1. The number of aromatic carboxylic acids is 1. The van der Waals surface area contributed by atoms with Gasteiger partial charge in [-0.25, -0.2) is 13.6 Å². The number of aryl methyl sites for hydroxylation is 1. The highest BCUT2D eigenvalue weighted by atomic mass is 32.2. The van der Waals surface area contributed by atoms with Crippen LogP contribution in [0.25, 0.3) is 17.2 Å².